The normalized spacial score (nSPS) is 13.6. The number of fused-ring (bicyclic) bond motifs is 1. The van der Waals surface area contributed by atoms with Gasteiger partial charge in [0.15, 0.2) is 6.79 Å². The summed E-state index contributed by atoms with van der Waals surface area (Å²) in [6.07, 6.45) is 0.523. The minimum absolute atomic E-state index is 0.0861. The largest absolute Gasteiger partial charge is 0.467 e. The van der Waals surface area contributed by atoms with E-state index in [1.807, 2.05) is 0 Å². The van der Waals surface area contributed by atoms with Crippen LogP contribution in [-0.2, 0) is 22.6 Å². The van der Waals surface area contributed by atoms with Crippen molar-refractivity contribution in [1.29, 1.82) is 0 Å². The highest BCUT2D eigenvalue weighted by molar-refractivity contribution is 5.77. The zero-order valence-corrected chi connectivity index (χ0v) is 10.8. The van der Waals surface area contributed by atoms with Crippen molar-refractivity contribution in [2.45, 2.75) is 13.0 Å². The average Bonchev–Trinajstić information content (AvgIpc) is 2.38. The van der Waals surface area contributed by atoms with Crippen LogP contribution in [0.2, 0.25) is 0 Å². The Morgan fingerprint density at radius 3 is 3.11 bits per heavy atom. The second kappa shape index (κ2) is 6.49. The van der Waals surface area contributed by atoms with Crippen LogP contribution in [0, 0.1) is 5.82 Å². The van der Waals surface area contributed by atoms with Gasteiger partial charge in [0.2, 0.25) is 5.91 Å². The molecule has 0 saturated carbocycles. The van der Waals surface area contributed by atoms with E-state index in [1.165, 1.54) is 12.1 Å². The summed E-state index contributed by atoms with van der Waals surface area (Å²) in [5, 5.41) is 5.51. The summed E-state index contributed by atoms with van der Waals surface area (Å²) in [4.78, 5) is 11.3. The standard InChI is InChI=1S/C13H17FN2O3/c1-15-6-12(17)16-3-2-9-4-11(14)5-10-7-18-8-19-13(9)10/h4-5,15H,2-3,6-8H2,1H3,(H,16,17). The highest BCUT2D eigenvalue weighted by Gasteiger charge is 2.16. The first-order valence-corrected chi connectivity index (χ1v) is 6.14. The first-order chi connectivity index (χ1) is 9.20. The molecule has 0 fully saturated rings. The van der Waals surface area contributed by atoms with E-state index in [-0.39, 0.29) is 25.1 Å². The van der Waals surface area contributed by atoms with E-state index in [0.29, 0.717) is 30.9 Å². The van der Waals surface area contributed by atoms with E-state index in [9.17, 15) is 9.18 Å². The van der Waals surface area contributed by atoms with Crippen LogP contribution in [0.5, 0.6) is 5.75 Å². The highest BCUT2D eigenvalue weighted by atomic mass is 19.1. The number of benzene rings is 1. The van der Waals surface area contributed by atoms with E-state index in [0.717, 1.165) is 5.56 Å². The van der Waals surface area contributed by atoms with Crippen molar-refractivity contribution < 1.29 is 18.7 Å². The van der Waals surface area contributed by atoms with Crippen molar-refractivity contribution in [2.24, 2.45) is 0 Å². The monoisotopic (exact) mass is 268 g/mol. The van der Waals surface area contributed by atoms with Gasteiger partial charge in [0.05, 0.1) is 13.2 Å². The number of ether oxygens (including phenoxy) is 2. The molecule has 0 unspecified atom stereocenters. The smallest absolute Gasteiger partial charge is 0.233 e. The fourth-order valence-corrected chi connectivity index (χ4v) is 2.00. The lowest BCUT2D eigenvalue weighted by Crippen LogP contribution is -2.33. The molecule has 0 radical (unpaired) electrons. The number of hydrogen-bond donors (Lipinski definition) is 2. The van der Waals surface area contributed by atoms with Crippen LogP contribution in [0.3, 0.4) is 0 Å². The van der Waals surface area contributed by atoms with Crippen molar-refractivity contribution in [2.75, 3.05) is 26.9 Å². The molecule has 1 aliphatic heterocycles. The summed E-state index contributed by atoms with van der Waals surface area (Å²) in [6, 6.07) is 2.85. The Hall–Kier alpha value is -1.66. The van der Waals surface area contributed by atoms with Crippen LogP contribution in [0.25, 0.3) is 0 Å². The molecule has 0 aliphatic carbocycles. The van der Waals surface area contributed by atoms with E-state index in [2.05, 4.69) is 10.6 Å². The third-order valence-electron chi connectivity index (χ3n) is 2.81. The van der Waals surface area contributed by atoms with Crippen LogP contribution < -0.4 is 15.4 Å². The maximum absolute atomic E-state index is 13.5. The maximum atomic E-state index is 13.5. The zero-order valence-electron chi connectivity index (χ0n) is 10.8. The summed E-state index contributed by atoms with van der Waals surface area (Å²) in [5.74, 6) is 0.275. The number of hydrogen-bond acceptors (Lipinski definition) is 4. The molecule has 6 heteroatoms. The summed E-state index contributed by atoms with van der Waals surface area (Å²) >= 11 is 0. The van der Waals surface area contributed by atoms with Gasteiger partial charge in [0.1, 0.15) is 11.6 Å². The van der Waals surface area contributed by atoms with Crippen LogP contribution in [0.15, 0.2) is 12.1 Å². The number of rotatable bonds is 5. The number of carbonyl (C=O) groups excluding carboxylic acids is 1. The number of likely N-dealkylation sites (N-methyl/N-ethyl adjacent to an activating group) is 1. The third kappa shape index (κ3) is 3.65. The molecule has 1 aromatic rings. The van der Waals surface area contributed by atoms with Crippen molar-refractivity contribution in [3.63, 3.8) is 0 Å². The molecule has 1 aromatic carbocycles. The van der Waals surface area contributed by atoms with Gasteiger partial charge in [0.25, 0.3) is 0 Å². The van der Waals surface area contributed by atoms with Gasteiger partial charge in [-0.15, -0.1) is 0 Å². The van der Waals surface area contributed by atoms with Crippen LogP contribution in [0.1, 0.15) is 11.1 Å². The lowest BCUT2D eigenvalue weighted by atomic mass is 10.1. The highest BCUT2D eigenvalue weighted by Crippen LogP contribution is 2.29. The maximum Gasteiger partial charge on any atom is 0.233 e. The molecule has 1 amide bonds. The first kappa shape index (κ1) is 13.8. The molecule has 0 saturated heterocycles. The predicted octanol–water partition coefficient (Wildman–Crippen LogP) is 0.570. The zero-order chi connectivity index (χ0) is 13.7. The lowest BCUT2D eigenvalue weighted by molar-refractivity contribution is -0.120. The average molecular weight is 268 g/mol. The minimum Gasteiger partial charge on any atom is -0.467 e. The molecular formula is C13H17FN2O3. The van der Waals surface area contributed by atoms with Gasteiger partial charge >= 0.3 is 0 Å². The second-order valence-electron chi connectivity index (χ2n) is 4.29. The van der Waals surface area contributed by atoms with Gasteiger partial charge in [-0.1, -0.05) is 0 Å². The number of nitrogens with one attached hydrogen (secondary N) is 2. The molecule has 0 atom stereocenters. The molecule has 2 N–H and O–H groups in total. The molecule has 104 valence electrons. The van der Waals surface area contributed by atoms with E-state index in [4.69, 9.17) is 9.47 Å². The van der Waals surface area contributed by atoms with Crippen molar-refractivity contribution >= 4 is 5.91 Å². The van der Waals surface area contributed by atoms with Crippen molar-refractivity contribution in [1.82, 2.24) is 10.6 Å². The van der Waals surface area contributed by atoms with E-state index in [1.54, 1.807) is 7.05 Å². The molecule has 2 rings (SSSR count). The molecule has 1 heterocycles. The van der Waals surface area contributed by atoms with Crippen LogP contribution in [0.4, 0.5) is 4.39 Å². The fourth-order valence-electron chi connectivity index (χ4n) is 2.00. The van der Waals surface area contributed by atoms with Gasteiger partial charge in [-0.05, 0) is 31.2 Å². The van der Waals surface area contributed by atoms with Crippen molar-refractivity contribution in [3.8, 4) is 5.75 Å². The van der Waals surface area contributed by atoms with Crippen LogP contribution >= 0.6 is 0 Å². The molecule has 0 aromatic heterocycles. The second-order valence-corrected chi connectivity index (χ2v) is 4.29. The Bertz CT molecular complexity index is 465. The van der Waals surface area contributed by atoms with Gasteiger partial charge in [-0.2, -0.15) is 0 Å². The SMILES string of the molecule is CNCC(=O)NCCc1cc(F)cc2c1OCOC2. The minimum atomic E-state index is -0.315. The number of amides is 1. The molecular weight excluding hydrogens is 251 g/mol. The third-order valence-corrected chi connectivity index (χ3v) is 2.81. The van der Waals surface area contributed by atoms with Crippen molar-refractivity contribution in [3.05, 3.63) is 29.1 Å². The Morgan fingerprint density at radius 2 is 2.32 bits per heavy atom. The Balaban J connectivity index is 2.00. The van der Waals surface area contributed by atoms with Gasteiger partial charge in [-0.25, -0.2) is 4.39 Å². The molecule has 1 aliphatic rings. The summed E-state index contributed by atoms with van der Waals surface area (Å²) < 4.78 is 24.0. The lowest BCUT2D eigenvalue weighted by Gasteiger charge is -2.20. The fraction of sp³-hybridized carbons (Fsp3) is 0.462. The summed E-state index contributed by atoms with van der Waals surface area (Å²) in [6.45, 7) is 1.25. The predicted molar refractivity (Wildman–Crippen MR) is 67.3 cm³/mol. The molecule has 5 nitrogen and oxygen atoms in total. The van der Waals surface area contributed by atoms with Gasteiger partial charge < -0.3 is 20.1 Å². The van der Waals surface area contributed by atoms with Gasteiger partial charge in [0, 0.05) is 12.1 Å². The van der Waals surface area contributed by atoms with Crippen LogP contribution in [-0.4, -0.2) is 32.8 Å². The van der Waals surface area contributed by atoms with E-state index >= 15 is 0 Å². The quantitative estimate of drug-likeness (QED) is 0.819. The Morgan fingerprint density at radius 1 is 1.47 bits per heavy atom. The Kier molecular flexibility index (Phi) is 4.70. The summed E-state index contributed by atoms with van der Waals surface area (Å²) in [5.41, 5.74) is 1.46. The number of carbonyl (C=O) groups is 1. The first-order valence-electron chi connectivity index (χ1n) is 6.14. The molecule has 0 spiro atoms. The topological polar surface area (TPSA) is 59.6 Å². The summed E-state index contributed by atoms with van der Waals surface area (Å²) in [7, 11) is 1.70. The molecule has 19 heavy (non-hydrogen) atoms. The Labute approximate surface area is 111 Å². The van der Waals surface area contributed by atoms with E-state index < -0.39 is 0 Å². The van der Waals surface area contributed by atoms with Gasteiger partial charge in [-0.3, -0.25) is 4.79 Å². The molecule has 0 bridgehead atoms. The number of halogens is 1.